The van der Waals surface area contributed by atoms with Crippen LogP contribution in [0.1, 0.15) is 22.3 Å². The van der Waals surface area contributed by atoms with Crippen molar-refractivity contribution >= 4 is 33.7 Å². The van der Waals surface area contributed by atoms with Crippen LogP contribution in [-0.4, -0.2) is 9.97 Å². The minimum absolute atomic E-state index is 0.461. The van der Waals surface area contributed by atoms with Gasteiger partial charge in [-0.25, -0.2) is 9.97 Å². The van der Waals surface area contributed by atoms with Crippen LogP contribution in [0.2, 0.25) is 0 Å². The fraction of sp³-hybridized carbons (Fsp3) is 0.0189. The summed E-state index contributed by atoms with van der Waals surface area (Å²) in [6.45, 7) is 0. The largest absolute Gasteiger partial charge is 0.455 e. The third-order valence-corrected chi connectivity index (χ3v) is 13.0. The fourth-order valence-electron chi connectivity index (χ4n) is 9.32. The van der Waals surface area contributed by atoms with Gasteiger partial charge in [0.25, 0.3) is 0 Å². The molecule has 0 N–H and O–H groups in total. The predicted octanol–water partition coefficient (Wildman–Crippen LogP) is 13.9. The Morgan fingerprint density at radius 3 is 1.79 bits per heavy atom. The van der Waals surface area contributed by atoms with Crippen molar-refractivity contribution in [2.75, 3.05) is 0 Å². The number of hydrogen-bond donors (Lipinski definition) is 0. The molecule has 2 aliphatic rings. The standard InChI is InChI=1S/C53H32N2OS/c1-2-14-35(15-3-1)52-54-46(34-30-28-33(29-31-34)36-19-12-20-40-39-18-6-10-26-48(39)56-50(36)40)32-47(55-52)41-21-13-25-45-51(41)57-49-27-11-9-24-44(49)53(45)42-22-7-4-16-37(42)38-17-5-8-23-43(38)53/h1-32H. The zero-order chi connectivity index (χ0) is 37.5. The fourth-order valence-corrected chi connectivity index (χ4v) is 10.6. The van der Waals surface area contributed by atoms with Gasteiger partial charge in [0.2, 0.25) is 0 Å². The van der Waals surface area contributed by atoms with Crippen molar-refractivity contribution < 1.29 is 4.42 Å². The van der Waals surface area contributed by atoms with Crippen molar-refractivity contribution in [3.63, 3.8) is 0 Å². The molecule has 1 aliphatic heterocycles. The number of para-hydroxylation sites is 2. The second kappa shape index (κ2) is 12.5. The lowest BCUT2D eigenvalue weighted by atomic mass is 9.67. The van der Waals surface area contributed by atoms with Gasteiger partial charge in [-0.05, 0) is 57.1 Å². The summed E-state index contributed by atoms with van der Waals surface area (Å²) >= 11 is 1.85. The Balaban J connectivity index is 1.05. The summed E-state index contributed by atoms with van der Waals surface area (Å²) in [7, 11) is 0. The van der Waals surface area contributed by atoms with Crippen molar-refractivity contribution in [2.24, 2.45) is 0 Å². The highest BCUT2D eigenvalue weighted by Crippen LogP contribution is 2.63. The second-order valence-electron chi connectivity index (χ2n) is 14.8. The first-order chi connectivity index (χ1) is 28.3. The highest BCUT2D eigenvalue weighted by molar-refractivity contribution is 7.99. The molecule has 0 saturated carbocycles. The Morgan fingerprint density at radius 2 is 0.982 bits per heavy atom. The first-order valence-corrected chi connectivity index (χ1v) is 20.1. The number of furan rings is 1. The summed E-state index contributed by atoms with van der Waals surface area (Å²) in [5, 5.41) is 2.25. The van der Waals surface area contributed by atoms with Crippen molar-refractivity contribution in [1.82, 2.24) is 9.97 Å². The molecule has 0 saturated heterocycles. The minimum Gasteiger partial charge on any atom is -0.455 e. The van der Waals surface area contributed by atoms with E-state index in [0.29, 0.717) is 5.82 Å². The van der Waals surface area contributed by atoms with Gasteiger partial charge in [0.1, 0.15) is 11.2 Å². The maximum Gasteiger partial charge on any atom is 0.160 e. The van der Waals surface area contributed by atoms with Gasteiger partial charge in [-0.2, -0.15) is 0 Å². The van der Waals surface area contributed by atoms with E-state index in [2.05, 4.69) is 176 Å². The summed E-state index contributed by atoms with van der Waals surface area (Å²) in [6, 6.07) is 69.4. The van der Waals surface area contributed by atoms with Gasteiger partial charge >= 0.3 is 0 Å². The molecular weight excluding hydrogens is 713 g/mol. The number of rotatable bonds is 4. The van der Waals surface area contributed by atoms with Crippen molar-refractivity contribution in [1.29, 1.82) is 0 Å². The normalized spacial score (nSPS) is 13.3. The Hall–Kier alpha value is -7.01. The molecule has 57 heavy (non-hydrogen) atoms. The van der Waals surface area contributed by atoms with Gasteiger partial charge < -0.3 is 4.42 Å². The SMILES string of the molecule is c1ccc(-c2nc(-c3ccc(-c4cccc5c4oc4ccccc45)cc3)cc(-c3cccc4c3Sc3ccccc3C43c4ccccc4-c4ccccc43)n2)cc1. The van der Waals surface area contributed by atoms with E-state index in [0.717, 1.165) is 61.1 Å². The van der Waals surface area contributed by atoms with Crippen molar-refractivity contribution in [2.45, 2.75) is 15.2 Å². The van der Waals surface area contributed by atoms with Crippen molar-refractivity contribution in [3.8, 4) is 56.2 Å². The number of aromatic nitrogens is 2. The summed E-state index contributed by atoms with van der Waals surface area (Å²) in [6.07, 6.45) is 0. The van der Waals surface area contributed by atoms with E-state index in [-0.39, 0.29) is 0 Å². The smallest absolute Gasteiger partial charge is 0.160 e. The third-order valence-electron chi connectivity index (χ3n) is 11.8. The summed E-state index contributed by atoms with van der Waals surface area (Å²) in [5.74, 6) is 0.698. The van der Waals surface area contributed by atoms with Gasteiger partial charge in [-0.15, -0.1) is 0 Å². The van der Waals surface area contributed by atoms with Gasteiger partial charge in [0.05, 0.1) is 16.8 Å². The molecule has 10 aromatic rings. The van der Waals surface area contributed by atoms with Crippen LogP contribution in [0.5, 0.6) is 0 Å². The van der Waals surface area contributed by atoms with Crippen LogP contribution >= 0.6 is 11.8 Å². The van der Waals surface area contributed by atoms with Gasteiger partial charge in [0.15, 0.2) is 5.82 Å². The Labute approximate surface area is 334 Å². The molecule has 0 radical (unpaired) electrons. The van der Waals surface area contributed by atoms with Crippen LogP contribution in [0.4, 0.5) is 0 Å². The monoisotopic (exact) mass is 744 g/mol. The summed E-state index contributed by atoms with van der Waals surface area (Å²) < 4.78 is 6.40. The van der Waals surface area contributed by atoms with E-state index in [1.807, 2.05) is 30.0 Å². The Morgan fingerprint density at radius 1 is 0.404 bits per heavy atom. The molecular formula is C53H32N2OS. The zero-order valence-corrected chi connectivity index (χ0v) is 31.5. The average Bonchev–Trinajstić information content (AvgIpc) is 3.81. The lowest BCUT2D eigenvalue weighted by Gasteiger charge is -2.40. The van der Waals surface area contributed by atoms with E-state index in [4.69, 9.17) is 14.4 Å². The minimum atomic E-state index is -0.461. The van der Waals surface area contributed by atoms with Crippen LogP contribution in [0.15, 0.2) is 208 Å². The summed E-state index contributed by atoms with van der Waals surface area (Å²) in [4.78, 5) is 13.1. The highest BCUT2D eigenvalue weighted by Gasteiger charge is 2.50. The molecule has 0 amide bonds. The Bertz CT molecular complexity index is 3170. The predicted molar refractivity (Wildman–Crippen MR) is 232 cm³/mol. The lowest BCUT2D eigenvalue weighted by Crippen LogP contribution is -2.32. The zero-order valence-electron chi connectivity index (χ0n) is 30.7. The quantitative estimate of drug-likeness (QED) is 0.180. The van der Waals surface area contributed by atoms with Crippen LogP contribution in [0, 0.1) is 0 Å². The Kier molecular flexibility index (Phi) is 7.08. The maximum atomic E-state index is 6.40. The average molecular weight is 745 g/mol. The molecule has 12 rings (SSSR count). The molecule has 1 spiro atoms. The first-order valence-electron chi connectivity index (χ1n) is 19.3. The molecule has 4 heteroatoms. The topological polar surface area (TPSA) is 38.9 Å². The molecule has 3 nitrogen and oxygen atoms in total. The summed E-state index contributed by atoms with van der Waals surface area (Å²) in [5.41, 5.74) is 16.2. The third kappa shape index (κ3) is 4.74. The van der Waals surface area contributed by atoms with E-state index in [9.17, 15) is 0 Å². The van der Waals surface area contributed by atoms with Crippen LogP contribution < -0.4 is 0 Å². The highest BCUT2D eigenvalue weighted by atomic mass is 32.2. The molecule has 0 bridgehead atoms. The van der Waals surface area contributed by atoms with Gasteiger partial charge in [-0.1, -0.05) is 188 Å². The molecule has 0 unspecified atom stereocenters. The molecule has 2 aromatic heterocycles. The van der Waals surface area contributed by atoms with Crippen LogP contribution in [0.3, 0.4) is 0 Å². The molecule has 1 aliphatic carbocycles. The van der Waals surface area contributed by atoms with Gasteiger partial charge in [-0.3, -0.25) is 0 Å². The molecule has 3 heterocycles. The first kappa shape index (κ1) is 32.3. The van der Waals surface area contributed by atoms with E-state index in [1.54, 1.807) is 0 Å². The number of benzene rings is 8. The van der Waals surface area contributed by atoms with Crippen LogP contribution in [0.25, 0.3) is 78.1 Å². The molecule has 0 atom stereocenters. The maximum absolute atomic E-state index is 6.40. The number of fused-ring (bicyclic) bond motifs is 12. The molecule has 0 fully saturated rings. The van der Waals surface area contributed by atoms with E-state index >= 15 is 0 Å². The van der Waals surface area contributed by atoms with Crippen molar-refractivity contribution in [3.05, 3.63) is 216 Å². The second-order valence-corrected chi connectivity index (χ2v) is 15.9. The lowest BCUT2D eigenvalue weighted by molar-refractivity contribution is 0.670. The van der Waals surface area contributed by atoms with E-state index in [1.165, 1.54) is 43.2 Å². The number of nitrogens with zero attached hydrogens (tertiary/aromatic N) is 2. The van der Waals surface area contributed by atoms with Gasteiger partial charge in [0, 0.05) is 42.8 Å². The number of hydrogen-bond acceptors (Lipinski definition) is 4. The molecule has 8 aromatic carbocycles. The van der Waals surface area contributed by atoms with E-state index < -0.39 is 5.41 Å². The van der Waals surface area contributed by atoms with Crippen LogP contribution in [-0.2, 0) is 5.41 Å². The molecule has 266 valence electrons.